The van der Waals surface area contributed by atoms with E-state index in [0.717, 1.165) is 4.88 Å². The van der Waals surface area contributed by atoms with Gasteiger partial charge in [0.2, 0.25) is 21.8 Å². The van der Waals surface area contributed by atoms with Crippen LogP contribution in [0, 0.1) is 0 Å². The quantitative estimate of drug-likeness (QED) is 0.663. The monoisotopic (exact) mass is 390 g/mol. The second-order valence-corrected chi connectivity index (χ2v) is 8.38. The van der Waals surface area contributed by atoms with Crippen molar-refractivity contribution in [2.75, 3.05) is 11.9 Å². The average Bonchev–Trinajstić information content (AvgIpc) is 3.33. The van der Waals surface area contributed by atoms with Gasteiger partial charge >= 0.3 is 0 Å². The van der Waals surface area contributed by atoms with Crippen LogP contribution in [0.2, 0.25) is 0 Å². The summed E-state index contributed by atoms with van der Waals surface area (Å²) in [7, 11) is -3.68. The highest BCUT2D eigenvalue weighted by Crippen LogP contribution is 2.26. The first-order valence-electron chi connectivity index (χ1n) is 7.80. The lowest BCUT2D eigenvalue weighted by Crippen LogP contribution is -2.26. The van der Waals surface area contributed by atoms with E-state index in [1.807, 2.05) is 17.5 Å². The van der Waals surface area contributed by atoms with Crippen LogP contribution in [-0.4, -0.2) is 31.1 Å². The number of hydrogen-bond donors (Lipinski definition) is 2. The smallest absolute Gasteiger partial charge is 0.257 e. The molecule has 0 radical (unpaired) electrons. The molecule has 0 fully saturated rings. The summed E-state index contributed by atoms with van der Waals surface area (Å²) in [5, 5.41) is 12.5. The van der Waals surface area contributed by atoms with Gasteiger partial charge in [0.05, 0.1) is 16.2 Å². The molecule has 3 heterocycles. The number of anilines is 1. The van der Waals surface area contributed by atoms with Gasteiger partial charge in [0.15, 0.2) is 0 Å². The third-order valence-corrected chi connectivity index (χ3v) is 6.16. The van der Waals surface area contributed by atoms with E-state index < -0.39 is 10.0 Å². The van der Waals surface area contributed by atoms with Gasteiger partial charge in [-0.2, -0.15) is 0 Å². The molecule has 2 N–H and O–H groups in total. The molecule has 0 saturated heterocycles. The van der Waals surface area contributed by atoms with Crippen molar-refractivity contribution in [3.8, 4) is 10.8 Å². The number of benzene rings is 1. The Morgan fingerprint density at radius 1 is 1.27 bits per heavy atom. The molecular weight excluding hydrogens is 376 g/mol. The van der Waals surface area contributed by atoms with Gasteiger partial charge in [0.25, 0.3) is 5.89 Å². The Morgan fingerprint density at radius 2 is 2.15 bits per heavy atom. The topological polar surface area (TPSA) is 114 Å². The lowest BCUT2D eigenvalue weighted by Gasteiger charge is -2.07. The first-order chi connectivity index (χ1) is 12.5. The van der Waals surface area contributed by atoms with Crippen molar-refractivity contribution in [1.29, 1.82) is 0 Å². The molecule has 26 heavy (non-hydrogen) atoms. The molecule has 1 aliphatic heterocycles. The molecule has 0 spiro atoms. The summed E-state index contributed by atoms with van der Waals surface area (Å²) in [6.45, 7) is 0.128. The molecule has 1 amide bonds. The fourth-order valence-electron chi connectivity index (χ4n) is 2.60. The van der Waals surface area contributed by atoms with Gasteiger partial charge < -0.3 is 9.73 Å². The molecule has 0 saturated carbocycles. The van der Waals surface area contributed by atoms with Crippen molar-refractivity contribution < 1.29 is 17.6 Å². The largest absolute Gasteiger partial charge is 0.420 e. The molecule has 8 nitrogen and oxygen atoms in total. The van der Waals surface area contributed by atoms with Crippen LogP contribution in [-0.2, 0) is 27.7 Å². The Balaban J connectivity index is 1.40. The minimum atomic E-state index is -3.68. The van der Waals surface area contributed by atoms with Crippen molar-refractivity contribution in [3.05, 3.63) is 47.2 Å². The molecule has 0 aliphatic carbocycles. The predicted octanol–water partition coefficient (Wildman–Crippen LogP) is 1.81. The first-order valence-corrected chi connectivity index (χ1v) is 10.2. The van der Waals surface area contributed by atoms with Gasteiger partial charge in [-0.05, 0) is 35.2 Å². The highest BCUT2D eigenvalue weighted by atomic mass is 32.2. The van der Waals surface area contributed by atoms with Crippen LogP contribution in [0.4, 0.5) is 5.69 Å². The summed E-state index contributed by atoms with van der Waals surface area (Å²) >= 11 is 1.49. The third kappa shape index (κ3) is 3.39. The summed E-state index contributed by atoms with van der Waals surface area (Å²) in [6.07, 6.45) is 0.467. The zero-order valence-corrected chi connectivity index (χ0v) is 15.1. The number of sulfonamides is 1. The maximum atomic E-state index is 12.4. The Bertz CT molecular complexity index is 1060. The second-order valence-electron chi connectivity index (χ2n) is 5.67. The highest BCUT2D eigenvalue weighted by molar-refractivity contribution is 7.89. The Morgan fingerprint density at radius 3 is 2.96 bits per heavy atom. The minimum Gasteiger partial charge on any atom is -0.420 e. The number of hydrogen-bond acceptors (Lipinski definition) is 7. The standard InChI is InChI=1S/C16H14N4O4S2/c21-14-9-10-8-11(3-4-12(10)18-14)26(22,23)17-6-5-15-19-20-16(24-15)13-2-1-7-25-13/h1-4,7-8,17H,5-6,9H2,(H,18,21). The van der Waals surface area contributed by atoms with E-state index in [2.05, 4.69) is 20.2 Å². The van der Waals surface area contributed by atoms with Crippen LogP contribution in [0.5, 0.6) is 0 Å². The number of nitrogens with one attached hydrogen (secondary N) is 2. The van der Waals surface area contributed by atoms with E-state index in [1.54, 1.807) is 6.07 Å². The number of aromatic nitrogens is 2. The van der Waals surface area contributed by atoms with Crippen molar-refractivity contribution in [2.45, 2.75) is 17.7 Å². The van der Waals surface area contributed by atoms with Crippen LogP contribution in [0.1, 0.15) is 11.5 Å². The number of thiophene rings is 1. The molecule has 2 aromatic heterocycles. The zero-order valence-electron chi connectivity index (χ0n) is 13.4. The van der Waals surface area contributed by atoms with E-state index >= 15 is 0 Å². The van der Waals surface area contributed by atoms with Crippen LogP contribution in [0.3, 0.4) is 0 Å². The van der Waals surface area contributed by atoms with Crippen LogP contribution >= 0.6 is 11.3 Å². The third-order valence-electron chi connectivity index (χ3n) is 3.84. The Kier molecular flexibility index (Phi) is 4.31. The number of amides is 1. The Labute approximate surface area is 153 Å². The zero-order chi connectivity index (χ0) is 18.1. The van der Waals surface area contributed by atoms with Gasteiger partial charge in [-0.1, -0.05) is 6.07 Å². The lowest BCUT2D eigenvalue weighted by atomic mass is 10.2. The van der Waals surface area contributed by atoms with Crippen LogP contribution in [0.15, 0.2) is 45.0 Å². The lowest BCUT2D eigenvalue weighted by molar-refractivity contribution is -0.115. The van der Waals surface area contributed by atoms with Gasteiger partial charge in [-0.15, -0.1) is 21.5 Å². The van der Waals surface area contributed by atoms with Gasteiger partial charge in [-0.3, -0.25) is 4.79 Å². The molecule has 134 valence electrons. The average molecular weight is 390 g/mol. The highest BCUT2D eigenvalue weighted by Gasteiger charge is 2.21. The summed E-state index contributed by atoms with van der Waals surface area (Å²) < 4.78 is 32.9. The number of rotatable bonds is 6. The number of fused-ring (bicyclic) bond motifs is 1. The van der Waals surface area contributed by atoms with Gasteiger partial charge in [0.1, 0.15) is 0 Å². The second kappa shape index (κ2) is 6.63. The molecule has 1 aromatic carbocycles. The molecule has 0 atom stereocenters. The fraction of sp³-hybridized carbons (Fsp3) is 0.188. The summed E-state index contributed by atoms with van der Waals surface area (Å²) in [5.41, 5.74) is 1.33. The molecular formula is C16H14N4O4S2. The Hall–Kier alpha value is -2.56. The number of carbonyl (C=O) groups is 1. The van der Waals surface area contributed by atoms with Crippen LogP contribution in [0.25, 0.3) is 10.8 Å². The van der Waals surface area contributed by atoms with Crippen molar-refractivity contribution in [3.63, 3.8) is 0 Å². The maximum Gasteiger partial charge on any atom is 0.257 e. The van der Waals surface area contributed by atoms with E-state index in [0.29, 0.717) is 23.0 Å². The fourth-order valence-corrected chi connectivity index (χ4v) is 4.33. The van der Waals surface area contributed by atoms with Crippen molar-refractivity contribution >= 4 is 33.0 Å². The van der Waals surface area contributed by atoms with Gasteiger partial charge in [0, 0.05) is 18.7 Å². The molecule has 0 bridgehead atoms. The van der Waals surface area contributed by atoms with Crippen molar-refractivity contribution in [1.82, 2.24) is 14.9 Å². The maximum absolute atomic E-state index is 12.4. The molecule has 1 aliphatic rings. The van der Waals surface area contributed by atoms with E-state index in [9.17, 15) is 13.2 Å². The first kappa shape index (κ1) is 16.9. The number of carbonyl (C=O) groups excluding carboxylic acids is 1. The summed E-state index contributed by atoms with van der Waals surface area (Å²) in [6, 6.07) is 8.33. The minimum absolute atomic E-state index is 0.123. The van der Waals surface area contributed by atoms with E-state index in [4.69, 9.17) is 4.42 Å². The molecule has 4 rings (SSSR count). The van der Waals surface area contributed by atoms with E-state index in [-0.39, 0.29) is 30.2 Å². The van der Waals surface area contributed by atoms with Crippen molar-refractivity contribution in [2.24, 2.45) is 0 Å². The summed E-state index contributed by atoms with van der Waals surface area (Å²) in [4.78, 5) is 12.4. The molecule has 3 aromatic rings. The van der Waals surface area contributed by atoms with E-state index in [1.165, 1.54) is 23.5 Å². The molecule has 0 unspecified atom stereocenters. The molecule has 10 heteroatoms. The predicted molar refractivity (Wildman–Crippen MR) is 95.3 cm³/mol. The van der Waals surface area contributed by atoms with Gasteiger partial charge in [-0.25, -0.2) is 13.1 Å². The normalized spacial score (nSPS) is 13.6. The SMILES string of the molecule is O=C1Cc2cc(S(=O)(=O)NCCc3nnc(-c4cccs4)o3)ccc2N1. The van der Waals surface area contributed by atoms with Crippen LogP contribution < -0.4 is 10.0 Å². The summed E-state index contributed by atoms with van der Waals surface area (Å²) in [5.74, 6) is 0.647. The number of nitrogens with zero attached hydrogens (tertiary/aromatic N) is 2.